The molecule has 0 fully saturated rings. The minimum atomic E-state index is -0.686. The number of rotatable bonds is 7. The molecule has 0 aromatic heterocycles. The highest BCUT2D eigenvalue weighted by molar-refractivity contribution is 9.09. The first kappa shape index (κ1) is 21.2. The number of thioether (sulfide) groups is 1. The molecular formula is C25H25BrN2OS. The molecule has 1 amide bonds. The number of hydrogen-bond acceptors (Lipinski definition) is 3. The molecule has 0 aliphatic carbocycles. The zero-order valence-electron chi connectivity index (χ0n) is 17.2. The number of halogens is 1. The summed E-state index contributed by atoms with van der Waals surface area (Å²) in [6, 6.07) is 26.8. The molecule has 0 N–H and O–H groups in total. The van der Waals surface area contributed by atoms with Crippen LogP contribution in [0.1, 0.15) is 23.1 Å². The van der Waals surface area contributed by atoms with Crippen molar-refractivity contribution < 1.29 is 4.79 Å². The van der Waals surface area contributed by atoms with Crippen LogP contribution in [0.25, 0.3) is 0 Å². The summed E-state index contributed by atoms with van der Waals surface area (Å²) in [4.78, 5) is 15.4. The van der Waals surface area contributed by atoms with Gasteiger partial charge < -0.3 is 0 Å². The third-order valence-corrected chi connectivity index (χ3v) is 7.05. The summed E-state index contributed by atoms with van der Waals surface area (Å²) in [5.74, 6) is 0.110. The maximum absolute atomic E-state index is 14.1. The number of hydrazine groups is 1. The highest BCUT2D eigenvalue weighted by Gasteiger charge is 2.52. The summed E-state index contributed by atoms with van der Waals surface area (Å²) < 4.78 is 0. The normalized spacial score (nSPS) is 18.1. The highest BCUT2D eigenvalue weighted by Crippen LogP contribution is 2.49. The van der Waals surface area contributed by atoms with E-state index in [-0.39, 0.29) is 5.91 Å². The molecule has 0 spiro atoms. The van der Waals surface area contributed by atoms with Crippen LogP contribution in [0, 0.1) is 0 Å². The van der Waals surface area contributed by atoms with E-state index in [1.807, 2.05) is 42.4 Å². The van der Waals surface area contributed by atoms with Crippen LogP contribution in [0.5, 0.6) is 0 Å². The van der Waals surface area contributed by atoms with Gasteiger partial charge in [-0.3, -0.25) is 4.79 Å². The third-order valence-electron chi connectivity index (χ3n) is 5.82. The summed E-state index contributed by atoms with van der Waals surface area (Å²) in [5, 5.41) is 4.67. The fourth-order valence-electron chi connectivity index (χ4n) is 4.44. The molecule has 1 aliphatic heterocycles. The number of fused-ring (bicyclic) bond motifs is 1. The minimum absolute atomic E-state index is 0.110. The summed E-state index contributed by atoms with van der Waals surface area (Å²) >= 11 is 5.35. The topological polar surface area (TPSA) is 23.6 Å². The van der Waals surface area contributed by atoms with Crippen molar-refractivity contribution in [2.75, 3.05) is 23.6 Å². The molecule has 0 saturated heterocycles. The van der Waals surface area contributed by atoms with Crippen molar-refractivity contribution in [3.8, 4) is 0 Å². The zero-order chi connectivity index (χ0) is 21.1. The Labute approximate surface area is 191 Å². The van der Waals surface area contributed by atoms with E-state index in [0.717, 1.165) is 22.1 Å². The van der Waals surface area contributed by atoms with E-state index in [4.69, 9.17) is 0 Å². The van der Waals surface area contributed by atoms with Gasteiger partial charge in [0.25, 0.3) is 5.91 Å². The molecule has 3 aromatic rings. The van der Waals surface area contributed by atoms with Crippen molar-refractivity contribution in [2.45, 2.75) is 23.3 Å². The number of hydrogen-bond donors (Lipinski definition) is 0. The van der Waals surface area contributed by atoms with Crippen molar-refractivity contribution in [3.05, 3.63) is 95.6 Å². The number of benzene rings is 3. The van der Waals surface area contributed by atoms with Crippen LogP contribution in [0.3, 0.4) is 0 Å². The number of para-hydroxylation sites is 1. The molecule has 1 heterocycles. The van der Waals surface area contributed by atoms with Gasteiger partial charge in [0.05, 0.1) is 5.69 Å². The molecule has 154 valence electrons. The molecule has 5 heteroatoms. The quantitative estimate of drug-likeness (QED) is 0.311. The Hall–Kier alpha value is -2.08. The van der Waals surface area contributed by atoms with Gasteiger partial charge in [0.2, 0.25) is 0 Å². The SMILES string of the molecule is CSc1ccccc1CN(C)N1C(=O)C(CCBr)(c2ccccc2)c2ccccc21. The molecule has 3 aromatic carbocycles. The van der Waals surface area contributed by atoms with Gasteiger partial charge in [0.15, 0.2) is 0 Å². The predicted molar refractivity (Wildman–Crippen MR) is 129 cm³/mol. The lowest BCUT2D eigenvalue weighted by Gasteiger charge is -2.33. The second-order valence-electron chi connectivity index (χ2n) is 7.47. The first-order chi connectivity index (χ1) is 14.6. The number of carbonyl (C=O) groups excluding carboxylic acids is 1. The molecular weight excluding hydrogens is 456 g/mol. The van der Waals surface area contributed by atoms with E-state index < -0.39 is 5.41 Å². The van der Waals surface area contributed by atoms with Gasteiger partial charge in [0.1, 0.15) is 5.41 Å². The van der Waals surface area contributed by atoms with Crippen molar-refractivity contribution >= 4 is 39.3 Å². The van der Waals surface area contributed by atoms with Crippen molar-refractivity contribution in [2.24, 2.45) is 0 Å². The summed E-state index contributed by atoms with van der Waals surface area (Å²) in [5.41, 5.74) is 3.62. The number of alkyl halides is 1. The Morgan fingerprint density at radius 1 is 0.967 bits per heavy atom. The number of nitrogens with zero attached hydrogens (tertiary/aromatic N) is 2. The number of amides is 1. The van der Waals surface area contributed by atoms with Crippen LogP contribution in [0.15, 0.2) is 83.8 Å². The Morgan fingerprint density at radius 2 is 1.63 bits per heavy atom. The summed E-state index contributed by atoms with van der Waals surface area (Å²) in [7, 11) is 2.00. The Morgan fingerprint density at radius 3 is 2.37 bits per heavy atom. The lowest BCUT2D eigenvalue weighted by molar-refractivity contribution is -0.124. The van der Waals surface area contributed by atoms with Crippen LogP contribution in [-0.4, -0.2) is 29.5 Å². The summed E-state index contributed by atoms with van der Waals surface area (Å²) in [6.45, 7) is 0.663. The third kappa shape index (κ3) is 3.49. The smallest absolute Gasteiger partial charge is 0.256 e. The Kier molecular flexibility index (Phi) is 6.32. The van der Waals surface area contributed by atoms with Crippen LogP contribution in [0.4, 0.5) is 5.69 Å². The molecule has 4 rings (SSSR count). The standard InChI is InChI=1S/C25H25BrN2OS/c1-27(18-19-10-6-9-15-23(19)30-2)28-22-14-8-7-13-21(22)25(16-17-26,24(28)29)20-11-4-3-5-12-20/h3-15H,16-18H2,1-2H3. The van der Waals surface area contributed by atoms with Crippen LogP contribution < -0.4 is 5.01 Å². The van der Waals surface area contributed by atoms with E-state index in [9.17, 15) is 4.79 Å². The van der Waals surface area contributed by atoms with Gasteiger partial charge in [-0.05, 0) is 41.5 Å². The lowest BCUT2D eigenvalue weighted by atomic mass is 9.73. The molecule has 0 radical (unpaired) electrons. The first-order valence-corrected chi connectivity index (χ1v) is 12.4. The van der Waals surface area contributed by atoms with Gasteiger partial charge in [-0.1, -0.05) is 82.7 Å². The highest BCUT2D eigenvalue weighted by atomic mass is 79.9. The molecule has 0 saturated carbocycles. The van der Waals surface area contributed by atoms with Gasteiger partial charge in [-0.25, -0.2) is 10.0 Å². The van der Waals surface area contributed by atoms with Crippen molar-refractivity contribution in [3.63, 3.8) is 0 Å². The maximum atomic E-state index is 14.1. The molecule has 1 aliphatic rings. The summed E-state index contributed by atoms with van der Waals surface area (Å²) in [6.07, 6.45) is 2.80. The Balaban J connectivity index is 1.80. The predicted octanol–water partition coefficient (Wildman–Crippen LogP) is 5.87. The number of anilines is 1. The zero-order valence-corrected chi connectivity index (χ0v) is 19.6. The van der Waals surface area contributed by atoms with E-state index in [1.54, 1.807) is 11.8 Å². The molecule has 0 bridgehead atoms. The van der Waals surface area contributed by atoms with Gasteiger partial charge >= 0.3 is 0 Å². The van der Waals surface area contributed by atoms with E-state index in [0.29, 0.717) is 13.0 Å². The number of carbonyl (C=O) groups is 1. The minimum Gasteiger partial charge on any atom is -0.272 e. The van der Waals surface area contributed by atoms with Gasteiger partial charge in [0, 0.05) is 23.8 Å². The van der Waals surface area contributed by atoms with Crippen molar-refractivity contribution in [1.29, 1.82) is 0 Å². The largest absolute Gasteiger partial charge is 0.272 e. The molecule has 1 atom stereocenters. The second kappa shape index (κ2) is 8.96. The van der Waals surface area contributed by atoms with Gasteiger partial charge in [-0.15, -0.1) is 11.8 Å². The monoisotopic (exact) mass is 480 g/mol. The average Bonchev–Trinajstić information content (AvgIpc) is 3.04. The van der Waals surface area contributed by atoms with E-state index >= 15 is 0 Å². The van der Waals surface area contributed by atoms with Gasteiger partial charge in [-0.2, -0.15) is 0 Å². The fourth-order valence-corrected chi connectivity index (χ4v) is 5.65. The van der Waals surface area contributed by atoms with Crippen LogP contribution in [-0.2, 0) is 16.8 Å². The van der Waals surface area contributed by atoms with E-state index in [1.165, 1.54) is 10.5 Å². The van der Waals surface area contributed by atoms with E-state index in [2.05, 4.69) is 75.7 Å². The maximum Gasteiger partial charge on any atom is 0.256 e. The lowest BCUT2D eigenvalue weighted by Crippen LogP contribution is -2.48. The van der Waals surface area contributed by atoms with Crippen LogP contribution >= 0.6 is 27.7 Å². The molecule has 1 unspecified atom stereocenters. The molecule has 30 heavy (non-hydrogen) atoms. The average molecular weight is 481 g/mol. The first-order valence-electron chi connectivity index (χ1n) is 10.0. The second-order valence-corrected chi connectivity index (χ2v) is 9.11. The Bertz CT molecular complexity index is 1040. The van der Waals surface area contributed by atoms with Crippen molar-refractivity contribution in [1.82, 2.24) is 5.01 Å². The molecule has 3 nitrogen and oxygen atoms in total. The fraction of sp³-hybridized carbons (Fsp3) is 0.240. The van der Waals surface area contributed by atoms with Crippen LogP contribution in [0.2, 0.25) is 0 Å².